The number of pyridine rings is 1. The number of hydrogen-bond donors (Lipinski definition) is 3. The first-order valence-electron chi connectivity index (χ1n) is 12.4. The third-order valence-electron chi connectivity index (χ3n) is 6.95. The summed E-state index contributed by atoms with van der Waals surface area (Å²) in [6.45, 7) is 7.21. The van der Waals surface area contributed by atoms with Gasteiger partial charge in [-0.2, -0.15) is 0 Å². The molecule has 36 heavy (non-hydrogen) atoms. The lowest BCUT2D eigenvalue weighted by molar-refractivity contribution is -0.0136. The van der Waals surface area contributed by atoms with Crippen molar-refractivity contribution in [3.8, 4) is 11.3 Å². The van der Waals surface area contributed by atoms with Crippen molar-refractivity contribution in [3.63, 3.8) is 0 Å². The highest BCUT2D eigenvalue weighted by atomic mass is 35.5. The molecule has 5 rings (SSSR count). The van der Waals surface area contributed by atoms with Gasteiger partial charge in [0.15, 0.2) is 5.43 Å². The van der Waals surface area contributed by atoms with Crippen LogP contribution in [0.1, 0.15) is 50.4 Å². The fraction of sp³-hybridized carbons (Fsp3) is 0.500. The molecule has 2 fully saturated rings. The first-order valence-corrected chi connectivity index (χ1v) is 12.8. The van der Waals surface area contributed by atoms with Crippen molar-refractivity contribution < 1.29 is 14.2 Å². The Morgan fingerprint density at radius 1 is 1.31 bits per heavy atom. The summed E-state index contributed by atoms with van der Waals surface area (Å²) in [7, 11) is 0. The Morgan fingerprint density at radius 2 is 2.08 bits per heavy atom. The average Bonchev–Trinajstić information content (AvgIpc) is 3.67. The van der Waals surface area contributed by atoms with Crippen LogP contribution in [0.3, 0.4) is 0 Å². The van der Waals surface area contributed by atoms with E-state index in [1.54, 1.807) is 13.0 Å². The molecular weight excluding hydrogens is 485 g/mol. The molecule has 1 saturated carbocycles. The molecule has 0 radical (unpaired) electrons. The maximum Gasteiger partial charge on any atom is 0.223 e. The van der Waals surface area contributed by atoms with Gasteiger partial charge in [-0.05, 0) is 52.2 Å². The molecule has 2 atom stereocenters. The molecule has 1 saturated heterocycles. The molecule has 2 aliphatic rings. The minimum absolute atomic E-state index is 0.0363. The topological polar surface area (TPSA) is 101 Å². The summed E-state index contributed by atoms with van der Waals surface area (Å²) in [4.78, 5) is 22.0. The van der Waals surface area contributed by atoms with Crippen LogP contribution in [0.5, 0.6) is 0 Å². The number of halogens is 2. The van der Waals surface area contributed by atoms with Crippen molar-refractivity contribution in [2.75, 3.05) is 18.5 Å². The number of fused-ring (bicyclic) bond motifs is 1. The number of aliphatic hydroxyl groups is 1. The van der Waals surface area contributed by atoms with E-state index < -0.39 is 11.9 Å². The van der Waals surface area contributed by atoms with Crippen molar-refractivity contribution in [3.05, 3.63) is 50.7 Å². The van der Waals surface area contributed by atoms with Crippen molar-refractivity contribution in [1.29, 1.82) is 0 Å². The zero-order valence-corrected chi connectivity index (χ0v) is 21.4. The molecule has 3 heterocycles. The van der Waals surface area contributed by atoms with Crippen LogP contribution in [-0.2, 0) is 11.3 Å². The number of anilines is 1. The Kier molecular flexibility index (Phi) is 7.00. The summed E-state index contributed by atoms with van der Waals surface area (Å²) < 4.78 is 22.9. The highest BCUT2D eigenvalue weighted by molar-refractivity contribution is 6.33. The van der Waals surface area contributed by atoms with Crippen molar-refractivity contribution in [2.45, 2.75) is 70.8 Å². The molecule has 10 heteroatoms. The number of rotatable bonds is 7. The van der Waals surface area contributed by atoms with Crippen molar-refractivity contribution in [1.82, 2.24) is 19.9 Å². The van der Waals surface area contributed by atoms with Crippen LogP contribution in [0.25, 0.3) is 22.2 Å². The molecule has 1 aromatic carbocycles. The fourth-order valence-corrected chi connectivity index (χ4v) is 5.00. The van der Waals surface area contributed by atoms with E-state index in [1.807, 2.05) is 13.8 Å². The lowest BCUT2D eigenvalue weighted by Crippen LogP contribution is -2.42. The van der Waals surface area contributed by atoms with Crippen LogP contribution in [0.2, 0.25) is 5.02 Å². The van der Waals surface area contributed by atoms with Crippen LogP contribution >= 0.6 is 11.6 Å². The molecule has 0 unspecified atom stereocenters. The highest BCUT2D eigenvalue weighted by Gasteiger charge is 2.26. The van der Waals surface area contributed by atoms with E-state index in [1.165, 1.54) is 12.3 Å². The van der Waals surface area contributed by atoms with Crippen molar-refractivity contribution >= 4 is 28.5 Å². The molecule has 3 N–H and O–H groups in total. The van der Waals surface area contributed by atoms with Gasteiger partial charge < -0.3 is 25.0 Å². The molecule has 0 bridgehead atoms. The van der Waals surface area contributed by atoms with Crippen LogP contribution in [0.15, 0.2) is 23.1 Å². The number of benzene rings is 1. The summed E-state index contributed by atoms with van der Waals surface area (Å²) in [5, 5.41) is 17.3. The number of nitrogens with zero attached hydrogens (tertiary/aromatic N) is 3. The standard InChI is InChI=1S/C26H31ClFN5O3/c1-13(2)33-21-9-16(19(28)8-17(21)25(35)14(3)22(33)11-29-15-4-5-15)24-18(27)10-30-26(32-24)31-20-6-7-36-12-23(20)34/h8-10,13,15,20,23,29,34H,4-7,11-12H2,1-3H3,(H,30,31,32)/t20-,23-/m1/s1. The van der Waals surface area contributed by atoms with Gasteiger partial charge in [0.05, 0.1) is 41.2 Å². The summed E-state index contributed by atoms with van der Waals surface area (Å²) in [5.74, 6) is -0.352. The zero-order chi connectivity index (χ0) is 25.6. The molecular formula is C26H31ClFN5O3. The smallest absolute Gasteiger partial charge is 0.223 e. The Morgan fingerprint density at radius 3 is 2.78 bits per heavy atom. The molecule has 0 spiro atoms. The second kappa shape index (κ2) is 10.0. The van der Waals surface area contributed by atoms with Gasteiger partial charge in [-0.15, -0.1) is 0 Å². The molecule has 1 aliphatic heterocycles. The largest absolute Gasteiger partial charge is 0.389 e. The van der Waals surface area contributed by atoms with E-state index in [-0.39, 0.29) is 46.3 Å². The quantitative estimate of drug-likeness (QED) is 0.438. The maximum atomic E-state index is 15.5. The first-order chi connectivity index (χ1) is 17.2. The predicted molar refractivity (Wildman–Crippen MR) is 138 cm³/mol. The third-order valence-corrected chi connectivity index (χ3v) is 7.22. The van der Waals surface area contributed by atoms with Gasteiger partial charge in [-0.1, -0.05) is 11.6 Å². The lowest BCUT2D eigenvalue weighted by Gasteiger charge is -2.28. The predicted octanol–water partition coefficient (Wildman–Crippen LogP) is 3.95. The molecule has 192 valence electrons. The highest BCUT2D eigenvalue weighted by Crippen LogP contribution is 2.33. The van der Waals surface area contributed by atoms with Gasteiger partial charge in [0.2, 0.25) is 5.95 Å². The second-order valence-electron chi connectivity index (χ2n) is 9.94. The summed E-state index contributed by atoms with van der Waals surface area (Å²) in [6.07, 6.45) is 3.58. The third kappa shape index (κ3) is 4.85. The van der Waals surface area contributed by atoms with E-state index in [4.69, 9.17) is 16.3 Å². The Balaban J connectivity index is 1.62. The normalized spacial score (nSPS) is 20.3. The first kappa shape index (κ1) is 25.1. The van der Waals surface area contributed by atoms with Gasteiger partial charge >= 0.3 is 0 Å². The number of ether oxygens (including phenoxy) is 1. The summed E-state index contributed by atoms with van der Waals surface area (Å²) in [5.41, 5.74) is 2.38. The van der Waals surface area contributed by atoms with E-state index in [0.717, 1.165) is 18.5 Å². The molecule has 1 aliphatic carbocycles. The van der Waals surface area contributed by atoms with Crippen LogP contribution in [-0.4, -0.2) is 51.0 Å². The molecule has 2 aromatic heterocycles. The van der Waals surface area contributed by atoms with Crippen LogP contribution in [0.4, 0.5) is 10.3 Å². The zero-order valence-electron chi connectivity index (χ0n) is 20.6. The Hall–Kier alpha value is -2.59. The van der Waals surface area contributed by atoms with E-state index >= 15 is 4.39 Å². The van der Waals surface area contributed by atoms with Gasteiger partial charge in [0.1, 0.15) is 5.82 Å². The van der Waals surface area contributed by atoms with E-state index in [2.05, 4.69) is 25.2 Å². The van der Waals surface area contributed by atoms with Crippen LogP contribution in [0, 0.1) is 12.7 Å². The molecule has 8 nitrogen and oxygen atoms in total. The van der Waals surface area contributed by atoms with Gasteiger partial charge in [-0.3, -0.25) is 4.79 Å². The second-order valence-corrected chi connectivity index (χ2v) is 10.3. The minimum Gasteiger partial charge on any atom is -0.389 e. The summed E-state index contributed by atoms with van der Waals surface area (Å²) >= 11 is 6.44. The number of hydrogen-bond acceptors (Lipinski definition) is 7. The van der Waals surface area contributed by atoms with E-state index in [0.29, 0.717) is 42.1 Å². The monoisotopic (exact) mass is 515 g/mol. The number of nitrogens with one attached hydrogen (secondary N) is 2. The number of aromatic nitrogens is 3. The fourth-order valence-electron chi connectivity index (χ4n) is 4.80. The molecule has 3 aromatic rings. The average molecular weight is 516 g/mol. The summed E-state index contributed by atoms with van der Waals surface area (Å²) in [6, 6.07) is 3.18. The van der Waals surface area contributed by atoms with Gasteiger partial charge in [0, 0.05) is 47.4 Å². The molecule has 0 amide bonds. The lowest BCUT2D eigenvalue weighted by atomic mass is 10.0. The van der Waals surface area contributed by atoms with Gasteiger partial charge in [-0.25, -0.2) is 14.4 Å². The number of aliphatic hydroxyl groups excluding tert-OH is 1. The Bertz CT molecular complexity index is 1360. The van der Waals surface area contributed by atoms with Gasteiger partial charge in [0.25, 0.3) is 0 Å². The Labute approximate surface area is 213 Å². The minimum atomic E-state index is -0.703. The SMILES string of the molecule is Cc1c(CNC2CC2)n(C(C)C)c2cc(-c3nc(N[C@@H]4CCOC[C@H]4O)ncc3Cl)c(F)cc2c1=O. The van der Waals surface area contributed by atoms with E-state index in [9.17, 15) is 9.90 Å². The van der Waals surface area contributed by atoms with Crippen molar-refractivity contribution in [2.24, 2.45) is 0 Å². The maximum absolute atomic E-state index is 15.5. The van der Waals surface area contributed by atoms with Crippen LogP contribution < -0.4 is 16.1 Å².